The van der Waals surface area contributed by atoms with E-state index in [4.69, 9.17) is 0 Å². The zero-order chi connectivity index (χ0) is 13.3. The summed E-state index contributed by atoms with van der Waals surface area (Å²) in [6.07, 6.45) is 0.142. The molecule has 2 rings (SSSR count). The third-order valence-electron chi connectivity index (χ3n) is 3.33. The second-order valence-electron chi connectivity index (χ2n) is 4.67. The fraction of sp³-hybridized carbons (Fsp3) is 0.500. The third kappa shape index (κ3) is 2.43. The van der Waals surface area contributed by atoms with Gasteiger partial charge < -0.3 is 10.0 Å². The number of nitro groups is 1. The SMILES string of the molecule is CC1CN(c2cc(F)ccc2[N+](=O)[O-])CCC1O. The first kappa shape index (κ1) is 12.8. The molecule has 1 aromatic rings. The third-order valence-corrected chi connectivity index (χ3v) is 3.33. The van der Waals surface area contributed by atoms with Crippen molar-refractivity contribution in [3.8, 4) is 0 Å². The smallest absolute Gasteiger partial charge is 0.292 e. The molecule has 0 bridgehead atoms. The molecule has 1 saturated heterocycles. The highest BCUT2D eigenvalue weighted by Gasteiger charge is 2.28. The van der Waals surface area contributed by atoms with E-state index in [1.54, 1.807) is 4.90 Å². The fourth-order valence-electron chi connectivity index (χ4n) is 2.26. The van der Waals surface area contributed by atoms with E-state index >= 15 is 0 Å². The van der Waals surface area contributed by atoms with Crippen LogP contribution in [0.1, 0.15) is 13.3 Å². The number of rotatable bonds is 2. The number of nitrogens with zero attached hydrogens (tertiary/aromatic N) is 2. The first-order valence-electron chi connectivity index (χ1n) is 5.86. The molecular weight excluding hydrogens is 239 g/mol. The van der Waals surface area contributed by atoms with Gasteiger partial charge in [-0.25, -0.2) is 4.39 Å². The highest BCUT2D eigenvalue weighted by Crippen LogP contribution is 2.32. The summed E-state index contributed by atoms with van der Waals surface area (Å²) in [4.78, 5) is 12.2. The van der Waals surface area contributed by atoms with Crippen molar-refractivity contribution in [2.24, 2.45) is 5.92 Å². The predicted octanol–water partition coefficient (Wildman–Crippen LogP) is 1.94. The highest BCUT2D eigenvalue weighted by atomic mass is 19.1. The average molecular weight is 254 g/mol. The minimum atomic E-state index is -0.509. The van der Waals surface area contributed by atoms with Crippen LogP contribution in [-0.2, 0) is 0 Å². The van der Waals surface area contributed by atoms with E-state index in [2.05, 4.69) is 0 Å². The first-order valence-corrected chi connectivity index (χ1v) is 5.86. The van der Waals surface area contributed by atoms with Crippen molar-refractivity contribution >= 4 is 11.4 Å². The maximum Gasteiger partial charge on any atom is 0.292 e. The fourth-order valence-corrected chi connectivity index (χ4v) is 2.26. The van der Waals surface area contributed by atoms with Gasteiger partial charge in [-0.3, -0.25) is 10.1 Å². The highest BCUT2D eigenvalue weighted by molar-refractivity contribution is 5.63. The van der Waals surface area contributed by atoms with Crippen LogP contribution in [0, 0.1) is 21.8 Å². The van der Waals surface area contributed by atoms with Crippen LogP contribution >= 0.6 is 0 Å². The molecule has 1 aromatic carbocycles. The van der Waals surface area contributed by atoms with Crippen molar-refractivity contribution < 1.29 is 14.4 Å². The lowest BCUT2D eigenvalue weighted by atomic mass is 9.96. The van der Waals surface area contributed by atoms with Gasteiger partial charge in [0, 0.05) is 25.2 Å². The van der Waals surface area contributed by atoms with Crippen LogP contribution in [0.5, 0.6) is 0 Å². The van der Waals surface area contributed by atoms with Gasteiger partial charge in [0.15, 0.2) is 0 Å². The van der Waals surface area contributed by atoms with Crippen LogP contribution in [0.4, 0.5) is 15.8 Å². The Morgan fingerprint density at radius 1 is 1.56 bits per heavy atom. The van der Waals surface area contributed by atoms with Gasteiger partial charge in [-0.2, -0.15) is 0 Å². The molecule has 0 aliphatic carbocycles. The lowest BCUT2D eigenvalue weighted by Gasteiger charge is -2.35. The Bertz CT molecular complexity index is 467. The molecule has 98 valence electrons. The number of anilines is 1. The molecule has 1 aliphatic rings. The molecule has 0 radical (unpaired) electrons. The summed E-state index contributed by atoms with van der Waals surface area (Å²) < 4.78 is 13.2. The topological polar surface area (TPSA) is 66.6 Å². The normalized spacial score (nSPS) is 24.1. The molecular formula is C12H15FN2O3. The molecule has 0 spiro atoms. The molecule has 0 amide bonds. The Morgan fingerprint density at radius 2 is 2.28 bits per heavy atom. The van der Waals surface area contributed by atoms with Crippen LogP contribution < -0.4 is 4.90 Å². The lowest BCUT2D eigenvalue weighted by Crippen LogP contribution is -2.42. The van der Waals surface area contributed by atoms with Gasteiger partial charge in [-0.05, 0) is 18.4 Å². The maximum atomic E-state index is 13.2. The Hall–Kier alpha value is -1.69. The molecule has 2 atom stereocenters. The van der Waals surface area contributed by atoms with Gasteiger partial charge in [0.1, 0.15) is 11.5 Å². The van der Waals surface area contributed by atoms with Crippen LogP contribution in [0.3, 0.4) is 0 Å². The van der Waals surface area contributed by atoms with Crippen molar-refractivity contribution in [2.45, 2.75) is 19.4 Å². The molecule has 1 N–H and O–H groups in total. The first-order chi connectivity index (χ1) is 8.49. The number of aliphatic hydroxyl groups excluding tert-OH is 1. The number of nitro benzene ring substituents is 1. The molecule has 1 fully saturated rings. The Morgan fingerprint density at radius 3 is 2.89 bits per heavy atom. The molecule has 6 heteroatoms. The maximum absolute atomic E-state index is 13.2. The molecule has 18 heavy (non-hydrogen) atoms. The summed E-state index contributed by atoms with van der Waals surface area (Å²) in [6.45, 7) is 2.86. The Balaban J connectivity index is 2.32. The number of hydrogen-bond acceptors (Lipinski definition) is 4. The van der Waals surface area contributed by atoms with Gasteiger partial charge in [-0.15, -0.1) is 0 Å². The largest absolute Gasteiger partial charge is 0.393 e. The van der Waals surface area contributed by atoms with Gasteiger partial charge in [0.25, 0.3) is 5.69 Å². The van der Waals surface area contributed by atoms with Crippen molar-refractivity contribution in [1.29, 1.82) is 0 Å². The lowest BCUT2D eigenvalue weighted by molar-refractivity contribution is -0.384. The van der Waals surface area contributed by atoms with Gasteiger partial charge in [0.05, 0.1) is 11.0 Å². The van der Waals surface area contributed by atoms with E-state index in [9.17, 15) is 19.6 Å². The number of benzene rings is 1. The number of halogens is 1. The minimum absolute atomic E-state index is 0.0154. The van der Waals surface area contributed by atoms with E-state index in [1.165, 1.54) is 12.1 Å². The van der Waals surface area contributed by atoms with E-state index in [-0.39, 0.29) is 11.6 Å². The molecule has 0 aromatic heterocycles. The predicted molar refractivity (Wildman–Crippen MR) is 65.1 cm³/mol. The molecule has 0 saturated carbocycles. The summed E-state index contributed by atoms with van der Waals surface area (Å²) in [6, 6.07) is 3.45. The Kier molecular flexibility index (Phi) is 3.47. The quantitative estimate of drug-likeness (QED) is 0.647. The molecule has 1 aliphatic heterocycles. The van der Waals surface area contributed by atoms with Crippen molar-refractivity contribution in [3.63, 3.8) is 0 Å². The molecule has 2 unspecified atom stereocenters. The summed E-state index contributed by atoms with van der Waals surface area (Å²) in [5.41, 5.74) is 0.193. The van der Waals surface area contributed by atoms with E-state index in [1.807, 2.05) is 6.92 Å². The second-order valence-corrected chi connectivity index (χ2v) is 4.67. The van der Waals surface area contributed by atoms with Crippen molar-refractivity contribution in [1.82, 2.24) is 0 Å². The van der Waals surface area contributed by atoms with Gasteiger partial charge in [-0.1, -0.05) is 6.92 Å². The van der Waals surface area contributed by atoms with Crippen LogP contribution in [0.15, 0.2) is 18.2 Å². The second kappa shape index (κ2) is 4.89. The zero-order valence-electron chi connectivity index (χ0n) is 10.0. The van der Waals surface area contributed by atoms with Gasteiger partial charge in [0.2, 0.25) is 0 Å². The van der Waals surface area contributed by atoms with Crippen molar-refractivity contribution in [3.05, 3.63) is 34.1 Å². The van der Waals surface area contributed by atoms with Crippen LogP contribution in [-0.4, -0.2) is 29.2 Å². The Labute approximate surface area is 104 Å². The zero-order valence-corrected chi connectivity index (χ0v) is 10.0. The van der Waals surface area contributed by atoms with Crippen molar-refractivity contribution in [2.75, 3.05) is 18.0 Å². The van der Waals surface area contributed by atoms with Gasteiger partial charge >= 0.3 is 0 Å². The summed E-state index contributed by atoms with van der Waals surface area (Å²) in [5, 5.41) is 20.6. The van der Waals surface area contributed by atoms with E-state index in [0.29, 0.717) is 25.2 Å². The summed E-state index contributed by atoms with van der Waals surface area (Å²) >= 11 is 0. The minimum Gasteiger partial charge on any atom is -0.393 e. The number of hydrogen-bond donors (Lipinski definition) is 1. The molecule has 5 nitrogen and oxygen atoms in total. The van der Waals surface area contributed by atoms with Crippen LogP contribution in [0.25, 0.3) is 0 Å². The summed E-state index contributed by atoms with van der Waals surface area (Å²) in [7, 11) is 0. The molecule has 1 heterocycles. The summed E-state index contributed by atoms with van der Waals surface area (Å²) in [5.74, 6) is -0.476. The number of piperidine rings is 1. The average Bonchev–Trinajstić information content (AvgIpc) is 2.32. The van der Waals surface area contributed by atoms with Crippen LogP contribution in [0.2, 0.25) is 0 Å². The van der Waals surface area contributed by atoms with E-state index in [0.717, 1.165) is 6.07 Å². The standard InChI is InChI=1S/C12H15FN2O3/c1-8-7-14(5-4-12(8)16)11-6-9(13)2-3-10(11)15(17)18/h2-3,6,8,12,16H,4-5,7H2,1H3. The monoisotopic (exact) mass is 254 g/mol. The number of aliphatic hydroxyl groups is 1. The van der Waals surface area contributed by atoms with E-state index < -0.39 is 16.8 Å².